The highest BCUT2D eigenvalue weighted by Gasteiger charge is 2.48. The van der Waals surface area contributed by atoms with Gasteiger partial charge in [-0.2, -0.15) is 0 Å². The number of esters is 1. The topological polar surface area (TPSA) is 84.9 Å². The first-order valence-electron chi connectivity index (χ1n) is 9.61. The lowest BCUT2D eigenvalue weighted by Gasteiger charge is -2.36. The van der Waals surface area contributed by atoms with Crippen LogP contribution in [0.5, 0.6) is 0 Å². The molecule has 0 unspecified atom stereocenters. The maximum Gasteiger partial charge on any atom is 0.408 e. The molecule has 2 N–H and O–H groups in total. The smallest absolute Gasteiger partial charge is 0.408 e. The van der Waals surface area contributed by atoms with Crippen LogP contribution in [0.4, 0.5) is 4.79 Å². The van der Waals surface area contributed by atoms with Gasteiger partial charge in [0.1, 0.15) is 6.61 Å². The number of aliphatic hydroxyl groups is 1. The van der Waals surface area contributed by atoms with E-state index in [0.29, 0.717) is 0 Å². The Hall–Kier alpha value is -3.12. The minimum absolute atomic E-state index is 0.0848. The van der Waals surface area contributed by atoms with E-state index in [-0.39, 0.29) is 25.4 Å². The number of hydrogen-bond donors (Lipinski definition) is 2. The van der Waals surface area contributed by atoms with Crippen LogP contribution < -0.4 is 5.32 Å². The van der Waals surface area contributed by atoms with Gasteiger partial charge < -0.3 is 19.9 Å². The summed E-state index contributed by atoms with van der Waals surface area (Å²) < 4.78 is 10.3. The second-order valence-electron chi connectivity index (χ2n) is 7.34. The van der Waals surface area contributed by atoms with Crippen molar-refractivity contribution in [2.45, 2.75) is 30.4 Å². The summed E-state index contributed by atoms with van der Waals surface area (Å²) in [7, 11) is 1.23. The minimum Gasteiger partial charge on any atom is -0.467 e. The average Bonchev–Trinajstić information content (AvgIpc) is 3.07. The quantitative estimate of drug-likeness (QED) is 0.616. The molecule has 4 rings (SSSR count). The molecule has 0 aliphatic heterocycles. The Morgan fingerprint density at radius 2 is 1.69 bits per heavy atom. The summed E-state index contributed by atoms with van der Waals surface area (Å²) in [6.45, 7) is 0.128. The van der Waals surface area contributed by atoms with Crippen molar-refractivity contribution in [2.75, 3.05) is 13.7 Å². The van der Waals surface area contributed by atoms with Gasteiger partial charge in [-0.05, 0) is 28.7 Å². The van der Waals surface area contributed by atoms with Crippen molar-refractivity contribution in [1.82, 2.24) is 5.32 Å². The van der Waals surface area contributed by atoms with E-state index in [0.717, 1.165) is 22.3 Å². The molecule has 2 aliphatic rings. The molecule has 0 aromatic heterocycles. The van der Waals surface area contributed by atoms with E-state index in [9.17, 15) is 14.7 Å². The molecule has 0 saturated heterocycles. The summed E-state index contributed by atoms with van der Waals surface area (Å²) in [6.07, 6.45) is 2.06. The maximum atomic E-state index is 12.6. The summed E-state index contributed by atoms with van der Waals surface area (Å²) in [5.41, 5.74) is 2.94. The van der Waals surface area contributed by atoms with Gasteiger partial charge in [0.15, 0.2) is 5.54 Å². The van der Waals surface area contributed by atoms with Crippen LogP contribution in [-0.4, -0.2) is 42.5 Å². The predicted octanol–water partition coefficient (Wildman–Crippen LogP) is 3.15. The van der Waals surface area contributed by atoms with Gasteiger partial charge >= 0.3 is 12.1 Å². The van der Waals surface area contributed by atoms with E-state index in [4.69, 9.17) is 9.47 Å². The molecule has 2 atom stereocenters. The highest BCUT2D eigenvalue weighted by molar-refractivity contribution is 5.87. The van der Waals surface area contributed by atoms with Crippen molar-refractivity contribution in [3.05, 3.63) is 71.8 Å². The largest absolute Gasteiger partial charge is 0.467 e. The van der Waals surface area contributed by atoms with Gasteiger partial charge in [0.25, 0.3) is 0 Å². The minimum atomic E-state index is -1.54. The Morgan fingerprint density at radius 1 is 1.07 bits per heavy atom. The molecule has 0 fully saturated rings. The van der Waals surface area contributed by atoms with Gasteiger partial charge in [-0.25, -0.2) is 9.59 Å². The van der Waals surface area contributed by atoms with Gasteiger partial charge in [0, 0.05) is 12.3 Å². The van der Waals surface area contributed by atoms with Crippen LogP contribution in [0.1, 0.15) is 29.9 Å². The molecular formula is C23H23NO5. The number of hydrogen-bond acceptors (Lipinski definition) is 5. The second kappa shape index (κ2) is 7.72. The van der Waals surface area contributed by atoms with Crippen molar-refractivity contribution in [3.8, 4) is 11.1 Å². The number of carbonyl (C=O) groups is 2. The number of ether oxygens (including phenoxy) is 2. The number of fused-ring (bicyclic) bond motifs is 3. The zero-order valence-electron chi connectivity index (χ0n) is 16.1. The summed E-state index contributed by atoms with van der Waals surface area (Å²) >= 11 is 0. The lowest BCUT2D eigenvalue weighted by atomic mass is 9.83. The molecule has 6 heteroatoms. The van der Waals surface area contributed by atoms with E-state index >= 15 is 0 Å². The van der Waals surface area contributed by atoms with E-state index in [1.54, 1.807) is 12.2 Å². The van der Waals surface area contributed by atoms with Gasteiger partial charge in [-0.3, -0.25) is 0 Å². The molecular weight excluding hydrogens is 370 g/mol. The maximum absolute atomic E-state index is 12.6. The van der Waals surface area contributed by atoms with Crippen molar-refractivity contribution < 1.29 is 24.2 Å². The number of rotatable bonds is 4. The fraction of sp³-hybridized carbons (Fsp3) is 0.304. The lowest BCUT2D eigenvalue weighted by molar-refractivity contribution is -0.154. The zero-order valence-corrected chi connectivity index (χ0v) is 16.1. The average molecular weight is 393 g/mol. The molecule has 150 valence electrons. The second-order valence-corrected chi connectivity index (χ2v) is 7.34. The Bertz CT molecular complexity index is 924. The number of methoxy groups -OCH3 is 1. The molecule has 0 radical (unpaired) electrons. The van der Waals surface area contributed by atoms with Gasteiger partial charge in [0.05, 0.1) is 13.2 Å². The van der Waals surface area contributed by atoms with Crippen LogP contribution in [0, 0.1) is 0 Å². The number of benzene rings is 2. The number of carbonyl (C=O) groups excluding carboxylic acids is 2. The van der Waals surface area contributed by atoms with Crippen LogP contribution in [0.3, 0.4) is 0 Å². The van der Waals surface area contributed by atoms with Crippen LogP contribution in [0.2, 0.25) is 0 Å². The lowest BCUT2D eigenvalue weighted by Crippen LogP contribution is -2.63. The molecule has 2 aromatic rings. The first kappa shape index (κ1) is 19.2. The molecule has 2 aromatic carbocycles. The molecule has 0 bridgehead atoms. The molecule has 2 aliphatic carbocycles. The predicted molar refractivity (Wildman–Crippen MR) is 107 cm³/mol. The Balaban J connectivity index is 1.51. The van der Waals surface area contributed by atoms with Gasteiger partial charge in [-0.1, -0.05) is 60.7 Å². The number of alkyl carbamates (subject to hydrolysis) is 1. The highest BCUT2D eigenvalue weighted by atomic mass is 16.6. The summed E-state index contributed by atoms with van der Waals surface area (Å²) in [6, 6.07) is 16.1. The molecule has 29 heavy (non-hydrogen) atoms. The van der Waals surface area contributed by atoms with E-state index < -0.39 is 23.7 Å². The summed E-state index contributed by atoms with van der Waals surface area (Å²) in [5, 5.41) is 13.0. The first-order chi connectivity index (χ1) is 14.1. The van der Waals surface area contributed by atoms with E-state index in [1.165, 1.54) is 7.11 Å². The number of amides is 1. The third-order valence-corrected chi connectivity index (χ3v) is 5.75. The number of nitrogens with one attached hydrogen (secondary N) is 1. The molecule has 0 spiro atoms. The summed E-state index contributed by atoms with van der Waals surface area (Å²) in [5.74, 6) is -0.777. The van der Waals surface area contributed by atoms with Crippen molar-refractivity contribution >= 4 is 12.1 Å². The third kappa shape index (κ3) is 3.29. The Morgan fingerprint density at radius 3 is 2.28 bits per heavy atom. The highest BCUT2D eigenvalue weighted by Crippen LogP contribution is 2.44. The van der Waals surface area contributed by atoms with E-state index in [2.05, 4.69) is 17.4 Å². The SMILES string of the molecule is COC(=O)[C@]1(NC(=O)OCC2c3ccccc3-c3ccccc32)CC=CC[C@@H]1O. The molecule has 1 amide bonds. The Kier molecular flexibility index (Phi) is 5.11. The Labute approximate surface area is 169 Å². The first-order valence-corrected chi connectivity index (χ1v) is 9.61. The summed E-state index contributed by atoms with van der Waals surface area (Å²) in [4.78, 5) is 24.9. The van der Waals surface area contributed by atoms with Gasteiger partial charge in [-0.15, -0.1) is 0 Å². The number of aliphatic hydroxyl groups excluding tert-OH is 1. The fourth-order valence-electron chi connectivity index (χ4n) is 4.24. The van der Waals surface area contributed by atoms with Crippen LogP contribution >= 0.6 is 0 Å². The van der Waals surface area contributed by atoms with Crippen molar-refractivity contribution in [3.63, 3.8) is 0 Å². The van der Waals surface area contributed by atoms with Gasteiger partial charge in [0.2, 0.25) is 0 Å². The monoisotopic (exact) mass is 393 g/mol. The fourth-order valence-corrected chi connectivity index (χ4v) is 4.24. The normalized spacial score (nSPS) is 22.5. The van der Waals surface area contributed by atoms with E-state index in [1.807, 2.05) is 36.4 Å². The van der Waals surface area contributed by atoms with Crippen LogP contribution in [-0.2, 0) is 14.3 Å². The van der Waals surface area contributed by atoms with Crippen LogP contribution in [0.25, 0.3) is 11.1 Å². The molecule has 0 heterocycles. The molecule has 0 saturated carbocycles. The zero-order chi connectivity index (χ0) is 20.4. The van der Waals surface area contributed by atoms with Crippen molar-refractivity contribution in [2.24, 2.45) is 0 Å². The van der Waals surface area contributed by atoms with Crippen molar-refractivity contribution in [1.29, 1.82) is 0 Å². The molecule has 6 nitrogen and oxygen atoms in total. The van der Waals surface area contributed by atoms with Crippen LogP contribution in [0.15, 0.2) is 60.7 Å². The standard InChI is InChI=1S/C23H23NO5/c1-28-21(26)23(13-7-6-12-20(23)25)24-22(27)29-14-19-17-10-4-2-8-15(17)16-9-3-5-11-18(16)19/h2-11,19-20,25H,12-14H2,1H3,(H,24,27)/t20-,23-/m0/s1. The third-order valence-electron chi connectivity index (χ3n) is 5.75.